The summed E-state index contributed by atoms with van der Waals surface area (Å²) in [5.41, 5.74) is 2.53. The van der Waals surface area contributed by atoms with Gasteiger partial charge in [0.15, 0.2) is 5.96 Å². The maximum atomic E-state index is 12.5. The minimum atomic E-state index is 0.215. The SMILES string of the molecule is CN=C(NCCCC(=O)N1Cc2ccccc2C1)NC1CCc2ncnn2C1. The van der Waals surface area contributed by atoms with Crippen molar-refractivity contribution in [3.8, 4) is 0 Å². The van der Waals surface area contributed by atoms with Gasteiger partial charge in [0.2, 0.25) is 5.91 Å². The van der Waals surface area contributed by atoms with Crippen molar-refractivity contribution in [3.63, 3.8) is 0 Å². The molecule has 2 aromatic rings. The summed E-state index contributed by atoms with van der Waals surface area (Å²) in [7, 11) is 1.77. The highest BCUT2D eigenvalue weighted by Crippen LogP contribution is 2.22. The summed E-state index contributed by atoms with van der Waals surface area (Å²) in [6.07, 6.45) is 4.86. The van der Waals surface area contributed by atoms with Crippen LogP contribution in [-0.2, 0) is 30.8 Å². The topological polar surface area (TPSA) is 87.4 Å². The summed E-state index contributed by atoms with van der Waals surface area (Å²) in [6, 6.07) is 8.56. The number of aliphatic imine (C=N–C) groups is 1. The van der Waals surface area contributed by atoms with Crippen LogP contribution in [0.4, 0.5) is 0 Å². The minimum absolute atomic E-state index is 0.215. The number of hydrogen-bond acceptors (Lipinski definition) is 4. The fraction of sp³-hybridized carbons (Fsp3) is 0.500. The van der Waals surface area contributed by atoms with Crippen molar-refractivity contribution in [2.24, 2.45) is 4.99 Å². The van der Waals surface area contributed by atoms with E-state index in [1.54, 1.807) is 13.4 Å². The molecule has 3 heterocycles. The van der Waals surface area contributed by atoms with Crippen LogP contribution in [-0.4, -0.2) is 51.2 Å². The lowest BCUT2D eigenvalue weighted by atomic mass is 10.1. The molecule has 1 unspecified atom stereocenters. The maximum absolute atomic E-state index is 12.5. The van der Waals surface area contributed by atoms with Gasteiger partial charge in [-0.1, -0.05) is 24.3 Å². The molecule has 0 spiro atoms. The molecule has 0 bridgehead atoms. The Morgan fingerprint density at radius 3 is 2.82 bits per heavy atom. The zero-order valence-electron chi connectivity index (χ0n) is 16.3. The number of aromatic nitrogens is 3. The van der Waals surface area contributed by atoms with Gasteiger partial charge in [-0.25, -0.2) is 9.67 Å². The van der Waals surface area contributed by atoms with E-state index in [0.717, 1.165) is 50.7 Å². The Kier molecular flexibility index (Phi) is 5.55. The van der Waals surface area contributed by atoms with E-state index in [1.165, 1.54) is 11.1 Å². The molecule has 8 nitrogen and oxygen atoms in total. The molecule has 1 aromatic heterocycles. The first-order valence-corrected chi connectivity index (χ1v) is 9.91. The van der Waals surface area contributed by atoms with Crippen LogP contribution in [0.25, 0.3) is 0 Å². The minimum Gasteiger partial charge on any atom is -0.356 e. The Hall–Kier alpha value is -2.90. The Morgan fingerprint density at radius 2 is 2.07 bits per heavy atom. The van der Waals surface area contributed by atoms with Crippen molar-refractivity contribution in [1.29, 1.82) is 0 Å². The van der Waals surface area contributed by atoms with E-state index in [9.17, 15) is 4.79 Å². The van der Waals surface area contributed by atoms with Crippen LogP contribution in [0, 0.1) is 0 Å². The molecule has 1 atom stereocenters. The standard InChI is InChI=1S/C20H27N7O/c1-21-20(25-17-8-9-18-23-14-24-27(18)13-17)22-10-4-7-19(28)26-11-15-5-2-3-6-16(15)12-26/h2-3,5-6,14,17H,4,7-13H2,1H3,(H2,21,22,25). The number of carbonyl (C=O) groups is 1. The van der Waals surface area contributed by atoms with Crippen LogP contribution < -0.4 is 10.6 Å². The summed E-state index contributed by atoms with van der Waals surface area (Å²) >= 11 is 0. The average molecular weight is 381 g/mol. The lowest BCUT2D eigenvalue weighted by Crippen LogP contribution is -2.47. The van der Waals surface area contributed by atoms with Gasteiger partial charge in [0.1, 0.15) is 12.2 Å². The van der Waals surface area contributed by atoms with Crippen LogP contribution in [0.3, 0.4) is 0 Å². The second kappa shape index (κ2) is 8.41. The number of amides is 1. The van der Waals surface area contributed by atoms with Gasteiger partial charge < -0.3 is 15.5 Å². The van der Waals surface area contributed by atoms with E-state index in [2.05, 4.69) is 37.8 Å². The first-order valence-electron chi connectivity index (χ1n) is 9.91. The molecule has 1 aromatic carbocycles. The number of rotatable bonds is 5. The number of benzene rings is 1. The molecule has 0 aliphatic carbocycles. The van der Waals surface area contributed by atoms with Crippen LogP contribution in [0.2, 0.25) is 0 Å². The van der Waals surface area contributed by atoms with Crippen LogP contribution in [0.1, 0.15) is 36.2 Å². The van der Waals surface area contributed by atoms with E-state index >= 15 is 0 Å². The number of aryl methyl sites for hydroxylation is 1. The van der Waals surface area contributed by atoms with E-state index < -0.39 is 0 Å². The molecule has 0 fully saturated rings. The molecule has 4 rings (SSSR count). The van der Waals surface area contributed by atoms with Crippen LogP contribution >= 0.6 is 0 Å². The molecule has 1 amide bonds. The van der Waals surface area contributed by atoms with Crippen molar-refractivity contribution >= 4 is 11.9 Å². The molecule has 0 saturated heterocycles. The number of carbonyl (C=O) groups excluding carboxylic acids is 1. The van der Waals surface area contributed by atoms with Crippen molar-refractivity contribution in [3.05, 3.63) is 47.5 Å². The van der Waals surface area contributed by atoms with E-state index in [-0.39, 0.29) is 11.9 Å². The van der Waals surface area contributed by atoms with Crippen LogP contribution in [0.15, 0.2) is 35.6 Å². The monoisotopic (exact) mass is 381 g/mol. The first kappa shape index (κ1) is 18.5. The Labute approximate surface area is 165 Å². The molecule has 0 radical (unpaired) electrons. The third-order valence-corrected chi connectivity index (χ3v) is 5.42. The Balaban J connectivity index is 1.17. The Bertz CT molecular complexity index is 835. The molecule has 2 aliphatic rings. The molecule has 2 N–H and O–H groups in total. The van der Waals surface area contributed by atoms with Crippen molar-refractivity contribution in [1.82, 2.24) is 30.3 Å². The van der Waals surface area contributed by atoms with Crippen molar-refractivity contribution in [2.45, 2.75) is 51.4 Å². The summed E-state index contributed by atoms with van der Waals surface area (Å²) in [6.45, 7) is 2.98. The second-order valence-electron chi connectivity index (χ2n) is 7.36. The third-order valence-electron chi connectivity index (χ3n) is 5.42. The van der Waals surface area contributed by atoms with Gasteiger partial charge >= 0.3 is 0 Å². The predicted molar refractivity (Wildman–Crippen MR) is 107 cm³/mol. The number of nitrogens with one attached hydrogen (secondary N) is 2. The van der Waals surface area contributed by atoms with Gasteiger partial charge in [-0.3, -0.25) is 9.79 Å². The molecule has 8 heteroatoms. The predicted octanol–water partition coefficient (Wildman–Crippen LogP) is 1.08. The smallest absolute Gasteiger partial charge is 0.223 e. The van der Waals surface area contributed by atoms with Crippen LogP contribution in [0.5, 0.6) is 0 Å². The summed E-state index contributed by atoms with van der Waals surface area (Å²) in [4.78, 5) is 23.0. The van der Waals surface area contributed by atoms with Gasteiger partial charge in [0, 0.05) is 45.6 Å². The van der Waals surface area contributed by atoms with Gasteiger partial charge in [0.25, 0.3) is 0 Å². The largest absolute Gasteiger partial charge is 0.356 e. The number of nitrogens with zero attached hydrogens (tertiary/aromatic N) is 5. The fourth-order valence-electron chi connectivity index (χ4n) is 3.86. The molecule has 148 valence electrons. The zero-order valence-corrected chi connectivity index (χ0v) is 16.3. The highest BCUT2D eigenvalue weighted by molar-refractivity contribution is 5.80. The highest BCUT2D eigenvalue weighted by atomic mass is 16.2. The molecule has 28 heavy (non-hydrogen) atoms. The van der Waals surface area contributed by atoms with E-state index in [0.29, 0.717) is 13.0 Å². The Morgan fingerprint density at radius 1 is 1.29 bits per heavy atom. The molecular formula is C20H27N7O. The van der Waals surface area contributed by atoms with Gasteiger partial charge in [-0.15, -0.1) is 0 Å². The van der Waals surface area contributed by atoms with Gasteiger partial charge in [-0.2, -0.15) is 5.10 Å². The normalized spacial score (nSPS) is 18.5. The second-order valence-corrected chi connectivity index (χ2v) is 7.36. The zero-order chi connectivity index (χ0) is 19.3. The lowest BCUT2D eigenvalue weighted by Gasteiger charge is -2.25. The summed E-state index contributed by atoms with van der Waals surface area (Å²) in [5.74, 6) is 2.03. The highest BCUT2D eigenvalue weighted by Gasteiger charge is 2.23. The summed E-state index contributed by atoms with van der Waals surface area (Å²) in [5, 5.41) is 11.0. The summed E-state index contributed by atoms with van der Waals surface area (Å²) < 4.78 is 1.95. The van der Waals surface area contributed by atoms with Crippen molar-refractivity contribution < 1.29 is 4.79 Å². The fourth-order valence-corrected chi connectivity index (χ4v) is 3.86. The average Bonchev–Trinajstić information content (AvgIpc) is 3.36. The number of hydrogen-bond donors (Lipinski definition) is 2. The van der Waals surface area contributed by atoms with Gasteiger partial charge in [-0.05, 0) is 24.0 Å². The lowest BCUT2D eigenvalue weighted by molar-refractivity contribution is -0.131. The van der Waals surface area contributed by atoms with E-state index in [4.69, 9.17) is 0 Å². The maximum Gasteiger partial charge on any atom is 0.223 e. The molecule has 2 aliphatic heterocycles. The van der Waals surface area contributed by atoms with E-state index in [1.807, 2.05) is 21.7 Å². The number of guanidine groups is 1. The first-order chi connectivity index (χ1) is 13.7. The third kappa shape index (κ3) is 4.16. The van der Waals surface area contributed by atoms with Crippen molar-refractivity contribution in [2.75, 3.05) is 13.6 Å². The molecule has 0 saturated carbocycles. The number of fused-ring (bicyclic) bond motifs is 2. The molecular weight excluding hydrogens is 354 g/mol. The quantitative estimate of drug-likeness (QED) is 0.460. The van der Waals surface area contributed by atoms with Gasteiger partial charge in [0.05, 0.1) is 6.54 Å².